The van der Waals surface area contributed by atoms with Gasteiger partial charge in [0.1, 0.15) is 17.3 Å². The Kier molecular flexibility index (Phi) is 6.90. The molecule has 176 valence electrons. The van der Waals surface area contributed by atoms with Gasteiger partial charge in [-0.05, 0) is 29.2 Å². The van der Waals surface area contributed by atoms with E-state index in [-0.39, 0.29) is 18.2 Å². The van der Waals surface area contributed by atoms with Crippen LogP contribution in [-0.4, -0.2) is 52.4 Å². The van der Waals surface area contributed by atoms with Crippen molar-refractivity contribution >= 4 is 29.3 Å². The van der Waals surface area contributed by atoms with Crippen LogP contribution in [0.3, 0.4) is 0 Å². The van der Waals surface area contributed by atoms with Crippen LogP contribution in [-0.2, 0) is 9.53 Å². The molecule has 0 radical (unpaired) electrons. The van der Waals surface area contributed by atoms with E-state index in [0.717, 1.165) is 22.3 Å². The summed E-state index contributed by atoms with van der Waals surface area (Å²) in [6, 6.07) is 15.6. The number of benzene rings is 2. The van der Waals surface area contributed by atoms with Crippen molar-refractivity contribution in [1.82, 2.24) is 15.6 Å². The second-order valence-electron chi connectivity index (χ2n) is 7.83. The second-order valence-corrected chi connectivity index (χ2v) is 8.72. The van der Waals surface area contributed by atoms with Crippen molar-refractivity contribution in [3.8, 4) is 11.1 Å². The molecule has 0 saturated heterocycles. The number of aliphatic hydroxyl groups excluding tert-OH is 1. The molecule has 1 aliphatic rings. The molecule has 0 bridgehead atoms. The number of hydrogen-bond donors (Lipinski definition) is 4. The maximum absolute atomic E-state index is 12.5. The molecule has 34 heavy (non-hydrogen) atoms. The van der Waals surface area contributed by atoms with Crippen LogP contribution >= 0.6 is 11.3 Å². The number of aliphatic hydroxyl groups is 1. The number of alkyl carbamates (subject to hydrolysis) is 1. The summed E-state index contributed by atoms with van der Waals surface area (Å²) in [6.45, 7) is 1.47. The van der Waals surface area contributed by atoms with Gasteiger partial charge >= 0.3 is 12.1 Å². The highest BCUT2D eigenvalue weighted by molar-refractivity contribution is 7.09. The van der Waals surface area contributed by atoms with Crippen LogP contribution in [0.25, 0.3) is 11.1 Å². The van der Waals surface area contributed by atoms with Gasteiger partial charge in [-0.2, -0.15) is 0 Å². The second kappa shape index (κ2) is 10.0. The number of fused-ring (bicyclic) bond motifs is 3. The van der Waals surface area contributed by atoms with E-state index in [9.17, 15) is 19.5 Å². The Morgan fingerprint density at radius 2 is 1.71 bits per heavy atom. The first kappa shape index (κ1) is 23.4. The predicted octanol–water partition coefficient (Wildman–Crippen LogP) is 2.92. The summed E-state index contributed by atoms with van der Waals surface area (Å²) >= 11 is 1.17. The Hall–Kier alpha value is -3.76. The van der Waals surface area contributed by atoms with E-state index in [1.165, 1.54) is 16.7 Å². The number of nitrogens with one attached hydrogen (secondary N) is 2. The molecule has 0 spiro atoms. The Labute approximate surface area is 199 Å². The van der Waals surface area contributed by atoms with Crippen molar-refractivity contribution in [1.29, 1.82) is 0 Å². The van der Waals surface area contributed by atoms with Gasteiger partial charge in [-0.15, -0.1) is 11.3 Å². The third-order valence-corrected chi connectivity index (χ3v) is 6.57. The lowest BCUT2D eigenvalue weighted by atomic mass is 9.98. The number of aromatic nitrogens is 1. The Morgan fingerprint density at radius 1 is 1.09 bits per heavy atom. The first-order chi connectivity index (χ1) is 16.3. The number of carboxylic acids is 1. The molecule has 1 aliphatic carbocycles. The van der Waals surface area contributed by atoms with Crippen LogP contribution in [0.2, 0.25) is 0 Å². The van der Waals surface area contributed by atoms with Crippen LogP contribution in [0.5, 0.6) is 0 Å². The van der Waals surface area contributed by atoms with Crippen molar-refractivity contribution in [2.75, 3.05) is 13.2 Å². The lowest BCUT2D eigenvalue weighted by Crippen LogP contribution is -2.36. The highest BCUT2D eigenvalue weighted by atomic mass is 32.1. The maximum atomic E-state index is 12.5. The van der Waals surface area contributed by atoms with Crippen molar-refractivity contribution in [3.05, 3.63) is 75.7 Å². The molecule has 0 fully saturated rings. The number of aliphatic carboxylic acids is 1. The van der Waals surface area contributed by atoms with E-state index >= 15 is 0 Å². The normalized spacial score (nSPS) is 13.9. The quantitative estimate of drug-likeness (QED) is 0.388. The average molecular weight is 482 g/mol. The topological polar surface area (TPSA) is 138 Å². The number of carbonyl (C=O) groups is 3. The minimum Gasteiger partial charge on any atom is -0.479 e. The highest BCUT2D eigenvalue weighted by Gasteiger charge is 2.29. The third-order valence-electron chi connectivity index (χ3n) is 5.54. The van der Waals surface area contributed by atoms with E-state index < -0.39 is 36.7 Å². The van der Waals surface area contributed by atoms with E-state index in [1.807, 2.05) is 36.4 Å². The summed E-state index contributed by atoms with van der Waals surface area (Å²) in [4.78, 5) is 39.4. The Morgan fingerprint density at radius 3 is 2.32 bits per heavy atom. The number of ether oxygens (including phenoxy) is 1. The average Bonchev–Trinajstić information content (AvgIpc) is 3.45. The van der Waals surface area contributed by atoms with Crippen LogP contribution in [0, 0.1) is 0 Å². The summed E-state index contributed by atoms with van der Waals surface area (Å²) < 4.78 is 5.54. The number of amides is 2. The van der Waals surface area contributed by atoms with E-state index in [2.05, 4.69) is 27.8 Å². The first-order valence-corrected chi connectivity index (χ1v) is 11.5. The van der Waals surface area contributed by atoms with Gasteiger partial charge in [-0.25, -0.2) is 14.6 Å². The Balaban J connectivity index is 1.33. The molecule has 4 N–H and O–H groups in total. The van der Waals surface area contributed by atoms with Crippen molar-refractivity contribution in [3.63, 3.8) is 0 Å². The summed E-state index contributed by atoms with van der Waals surface area (Å²) in [5.74, 6) is -2.10. The van der Waals surface area contributed by atoms with Crippen LogP contribution in [0.1, 0.15) is 45.5 Å². The number of carbonyl (C=O) groups excluding carboxylic acids is 2. The SMILES string of the molecule is CC(NC(=O)OCC1c2ccccc2-c2ccccc21)c1nc(C(=O)NCC(O)C(=O)O)cs1. The predicted molar refractivity (Wildman–Crippen MR) is 125 cm³/mol. The zero-order chi connectivity index (χ0) is 24.2. The molecule has 3 aromatic rings. The number of hydrogen-bond acceptors (Lipinski definition) is 7. The molecular weight excluding hydrogens is 458 g/mol. The lowest BCUT2D eigenvalue weighted by Gasteiger charge is -2.16. The molecule has 4 rings (SSSR count). The van der Waals surface area contributed by atoms with Gasteiger partial charge in [0.25, 0.3) is 5.91 Å². The van der Waals surface area contributed by atoms with Gasteiger partial charge in [0.15, 0.2) is 6.10 Å². The number of rotatable bonds is 8. The monoisotopic (exact) mass is 481 g/mol. The molecular formula is C24H23N3O6S. The van der Waals surface area contributed by atoms with Crippen LogP contribution < -0.4 is 10.6 Å². The zero-order valence-corrected chi connectivity index (χ0v) is 19.0. The van der Waals surface area contributed by atoms with Crippen molar-refractivity contribution in [2.24, 2.45) is 0 Å². The van der Waals surface area contributed by atoms with Gasteiger partial charge in [-0.1, -0.05) is 48.5 Å². The molecule has 1 aromatic heterocycles. The van der Waals surface area contributed by atoms with Crippen LogP contribution in [0.15, 0.2) is 53.9 Å². The van der Waals surface area contributed by atoms with Crippen LogP contribution in [0.4, 0.5) is 4.79 Å². The third kappa shape index (κ3) is 4.92. The molecule has 2 amide bonds. The largest absolute Gasteiger partial charge is 0.479 e. The fourth-order valence-corrected chi connectivity index (χ4v) is 4.64. The fraction of sp³-hybridized carbons (Fsp3) is 0.250. The summed E-state index contributed by atoms with van der Waals surface area (Å²) in [5.41, 5.74) is 4.59. The Bertz CT molecular complexity index is 1180. The number of carboxylic acid groups (broad SMARTS) is 1. The summed E-state index contributed by atoms with van der Waals surface area (Å²) in [6.07, 6.45) is -2.30. The zero-order valence-electron chi connectivity index (χ0n) is 18.2. The minimum atomic E-state index is -1.70. The minimum absolute atomic E-state index is 0.0511. The molecule has 2 unspecified atom stereocenters. The number of nitrogens with zero attached hydrogens (tertiary/aromatic N) is 1. The summed E-state index contributed by atoms with van der Waals surface area (Å²) in [7, 11) is 0. The molecule has 2 aromatic carbocycles. The standard InChI is InChI=1S/C24H23N3O6S/c1-13(22-27-19(12-34-22)21(29)25-10-20(28)23(30)31)26-24(32)33-11-18-16-8-4-2-6-14(16)15-7-3-5-9-17(15)18/h2-9,12-13,18,20,28H,10-11H2,1H3,(H,25,29)(H,26,32)(H,30,31). The first-order valence-electron chi connectivity index (χ1n) is 10.6. The molecule has 10 heteroatoms. The highest BCUT2D eigenvalue weighted by Crippen LogP contribution is 2.44. The number of thiazole rings is 1. The summed E-state index contributed by atoms with van der Waals surface area (Å²) in [5, 5.41) is 24.9. The van der Waals surface area contributed by atoms with E-state index in [0.29, 0.717) is 5.01 Å². The van der Waals surface area contributed by atoms with Gasteiger partial charge in [-0.3, -0.25) is 4.79 Å². The molecule has 2 atom stereocenters. The van der Waals surface area contributed by atoms with E-state index in [4.69, 9.17) is 9.84 Å². The van der Waals surface area contributed by atoms with Crippen molar-refractivity contribution < 1.29 is 29.3 Å². The molecule has 1 heterocycles. The fourth-order valence-electron chi connectivity index (χ4n) is 3.84. The van der Waals surface area contributed by atoms with Gasteiger partial charge < -0.3 is 25.6 Å². The molecule has 0 saturated carbocycles. The molecule has 0 aliphatic heterocycles. The smallest absolute Gasteiger partial charge is 0.407 e. The van der Waals surface area contributed by atoms with E-state index in [1.54, 1.807) is 6.92 Å². The van der Waals surface area contributed by atoms with Gasteiger partial charge in [0, 0.05) is 11.3 Å². The van der Waals surface area contributed by atoms with Gasteiger partial charge in [0.05, 0.1) is 12.6 Å². The van der Waals surface area contributed by atoms with Crippen molar-refractivity contribution in [2.45, 2.75) is 25.0 Å². The molecule has 9 nitrogen and oxygen atoms in total. The lowest BCUT2D eigenvalue weighted by molar-refractivity contribution is -0.146. The van der Waals surface area contributed by atoms with Gasteiger partial charge in [0.2, 0.25) is 0 Å². The maximum Gasteiger partial charge on any atom is 0.407 e.